The Bertz CT molecular complexity index is 1390. The predicted octanol–water partition coefficient (Wildman–Crippen LogP) is 4.11. The van der Waals surface area contributed by atoms with Crippen molar-refractivity contribution in [2.45, 2.75) is 19.8 Å². The molecule has 0 spiro atoms. The van der Waals surface area contributed by atoms with Crippen molar-refractivity contribution in [3.8, 4) is 29.0 Å². The number of para-hydroxylation sites is 1. The van der Waals surface area contributed by atoms with Crippen molar-refractivity contribution in [3.63, 3.8) is 0 Å². The van der Waals surface area contributed by atoms with Gasteiger partial charge in [-0.25, -0.2) is 0 Å². The Hall–Kier alpha value is -4.31. The van der Waals surface area contributed by atoms with Crippen LogP contribution in [0.3, 0.4) is 0 Å². The van der Waals surface area contributed by atoms with Crippen LogP contribution >= 0.6 is 0 Å². The van der Waals surface area contributed by atoms with Gasteiger partial charge < -0.3 is 10.5 Å². The Morgan fingerprint density at radius 3 is 2.38 bits per heavy atom. The number of aryl methyl sites for hydroxylation is 3. The van der Waals surface area contributed by atoms with E-state index >= 15 is 0 Å². The van der Waals surface area contributed by atoms with Crippen LogP contribution in [-0.4, -0.2) is 19.6 Å². The molecule has 7 nitrogen and oxygen atoms in total. The maximum absolute atomic E-state index is 10.0. The number of nitrogens with zero attached hydrogens (tertiary/aromatic N) is 5. The summed E-state index contributed by atoms with van der Waals surface area (Å²) in [6.45, 7) is 3.97. The number of hydrogen-bond acceptors (Lipinski definition) is 5. The Morgan fingerprint density at radius 1 is 1.03 bits per heavy atom. The molecule has 3 heterocycles. The van der Waals surface area contributed by atoms with Crippen molar-refractivity contribution in [1.29, 1.82) is 5.26 Å². The van der Waals surface area contributed by atoms with Crippen LogP contribution in [0.4, 0.5) is 0 Å². The number of aromatic nitrogens is 4. The second kappa shape index (κ2) is 7.43. The molecule has 0 saturated carbocycles. The molecule has 0 radical (unpaired) electrons. The standard InChI is InChI=1S/C25H22N6O/c1-15-9-11-17(12-10-15)21-19(14-26)24(27)32-25-22(21)23(20-13-16(2)28-30(20)3)29-31(25)18-7-5-4-6-8-18/h4-13,21H,27H2,1-3H3. The second-order valence-electron chi connectivity index (χ2n) is 7.94. The molecule has 0 saturated heterocycles. The molecule has 0 fully saturated rings. The zero-order valence-electron chi connectivity index (χ0n) is 18.1. The largest absolute Gasteiger partial charge is 0.422 e. The first-order valence-corrected chi connectivity index (χ1v) is 10.3. The summed E-state index contributed by atoms with van der Waals surface area (Å²) < 4.78 is 9.59. The number of allylic oxidation sites excluding steroid dienone is 1. The third kappa shape index (κ3) is 3.05. The number of nitriles is 1. The first-order valence-electron chi connectivity index (χ1n) is 10.3. The summed E-state index contributed by atoms with van der Waals surface area (Å²) in [7, 11) is 1.89. The van der Waals surface area contributed by atoms with Crippen molar-refractivity contribution < 1.29 is 4.74 Å². The van der Waals surface area contributed by atoms with E-state index in [9.17, 15) is 5.26 Å². The fraction of sp³-hybridized carbons (Fsp3) is 0.160. The molecule has 1 atom stereocenters. The lowest BCUT2D eigenvalue weighted by Crippen LogP contribution is -2.22. The number of hydrogen-bond donors (Lipinski definition) is 1. The highest BCUT2D eigenvalue weighted by Crippen LogP contribution is 2.47. The highest BCUT2D eigenvalue weighted by Gasteiger charge is 2.38. The van der Waals surface area contributed by atoms with Gasteiger partial charge in [-0.15, -0.1) is 0 Å². The minimum atomic E-state index is -0.410. The van der Waals surface area contributed by atoms with Gasteiger partial charge in [0.05, 0.1) is 28.6 Å². The molecule has 2 aromatic carbocycles. The van der Waals surface area contributed by atoms with E-state index < -0.39 is 5.92 Å². The van der Waals surface area contributed by atoms with Gasteiger partial charge in [-0.2, -0.15) is 20.1 Å². The fourth-order valence-corrected chi connectivity index (χ4v) is 4.20. The summed E-state index contributed by atoms with van der Waals surface area (Å²) in [6.07, 6.45) is 0. The van der Waals surface area contributed by atoms with Crippen LogP contribution in [0, 0.1) is 25.2 Å². The van der Waals surface area contributed by atoms with Gasteiger partial charge in [0.25, 0.3) is 0 Å². The van der Waals surface area contributed by atoms with Gasteiger partial charge in [0.15, 0.2) is 0 Å². The topological polar surface area (TPSA) is 94.7 Å². The first kappa shape index (κ1) is 19.6. The molecule has 158 valence electrons. The fourth-order valence-electron chi connectivity index (χ4n) is 4.20. The van der Waals surface area contributed by atoms with Crippen molar-refractivity contribution in [3.05, 3.63) is 94.5 Å². The summed E-state index contributed by atoms with van der Waals surface area (Å²) >= 11 is 0. The quantitative estimate of drug-likeness (QED) is 0.536. The molecule has 0 bridgehead atoms. The SMILES string of the molecule is Cc1ccc(C2C(C#N)=C(N)Oc3c2c(-c2cc(C)nn2C)nn3-c2ccccc2)cc1. The second-order valence-corrected chi connectivity index (χ2v) is 7.94. The highest BCUT2D eigenvalue weighted by molar-refractivity contribution is 5.70. The van der Waals surface area contributed by atoms with E-state index in [1.54, 1.807) is 9.36 Å². The lowest BCUT2D eigenvalue weighted by Gasteiger charge is -2.25. The maximum atomic E-state index is 10.0. The minimum Gasteiger partial charge on any atom is -0.422 e. The molecule has 1 unspecified atom stereocenters. The van der Waals surface area contributed by atoms with Gasteiger partial charge >= 0.3 is 0 Å². The van der Waals surface area contributed by atoms with Gasteiger partial charge in [-0.05, 0) is 37.6 Å². The Morgan fingerprint density at radius 2 is 1.75 bits per heavy atom. The number of fused-ring (bicyclic) bond motifs is 1. The summed E-state index contributed by atoms with van der Waals surface area (Å²) in [5.41, 5.74) is 12.8. The third-order valence-electron chi connectivity index (χ3n) is 5.70. The van der Waals surface area contributed by atoms with Crippen LogP contribution in [0.2, 0.25) is 0 Å². The van der Waals surface area contributed by atoms with E-state index in [1.165, 1.54) is 0 Å². The summed E-state index contributed by atoms with van der Waals surface area (Å²) in [4.78, 5) is 0. The summed E-state index contributed by atoms with van der Waals surface area (Å²) in [6, 6.07) is 22.1. The van der Waals surface area contributed by atoms with E-state index in [-0.39, 0.29) is 5.88 Å². The van der Waals surface area contributed by atoms with Gasteiger partial charge in [0.1, 0.15) is 17.3 Å². The third-order valence-corrected chi connectivity index (χ3v) is 5.70. The highest BCUT2D eigenvalue weighted by atomic mass is 16.5. The molecular formula is C25H22N6O. The van der Waals surface area contributed by atoms with Crippen LogP contribution in [0.1, 0.15) is 28.3 Å². The molecular weight excluding hydrogens is 400 g/mol. The van der Waals surface area contributed by atoms with Crippen molar-refractivity contribution in [2.24, 2.45) is 12.8 Å². The number of nitrogens with two attached hydrogens (primary N) is 1. The van der Waals surface area contributed by atoms with E-state index in [1.807, 2.05) is 81.6 Å². The van der Waals surface area contributed by atoms with E-state index in [0.29, 0.717) is 17.1 Å². The lowest BCUT2D eigenvalue weighted by molar-refractivity contribution is 0.367. The van der Waals surface area contributed by atoms with Crippen molar-refractivity contribution in [1.82, 2.24) is 19.6 Å². The van der Waals surface area contributed by atoms with Crippen LogP contribution in [0.15, 0.2) is 72.1 Å². The zero-order chi connectivity index (χ0) is 22.4. The van der Waals surface area contributed by atoms with Gasteiger partial charge in [-0.1, -0.05) is 48.0 Å². The van der Waals surface area contributed by atoms with Crippen LogP contribution in [-0.2, 0) is 7.05 Å². The van der Waals surface area contributed by atoms with Crippen molar-refractivity contribution in [2.75, 3.05) is 0 Å². The number of ether oxygens (including phenoxy) is 1. The summed E-state index contributed by atoms with van der Waals surface area (Å²) in [5.74, 6) is 0.189. The average Bonchev–Trinajstić information content (AvgIpc) is 3.32. The van der Waals surface area contributed by atoms with E-state index in [0.717, 1.165) is 33.8 Å². The average molecular weight is 422 g/mol. The Labute approximate surface area is 186 Å². The van der Waals surface area contributed by atoms with E-state index in [2.05, 4.69) is 11.2 Å². The van der Waals surface area contributed by atoms with Gasteiger partial charge in [0, 0.05) is 7.05 Å². The number of benzene rings is 2. The molecule has 2 aromatic heterocycles. The zero-order valence-corrected chi connectivity index (χ0v) is 18.1. The Kier molecular flexibility index (Phi) is 4.56. The predicted molar refractivity (Wildman–Crippen MR) is 121 cm³/mol. The normalized spacial score (nSPS) is 15.2. The molecule has 4 aromatic rings. The molecule has 7 heteroatoms. The maximum Gasteiger partial charge on any atom is 0.229 e. The smallest absolute Gasteiger partial charge is 0.229 e. The summed E-state index contributed by atoms with van der Waals surface area (Å²) in [5, 5.41) is 19.5. The molecule has 5 rings (SSSR count). The molecule has 2 N–H and O–H groups in total. The van der Waals surface area contributed by atoms with Crippen molar-refractivity contribution >= 4 is 0 Å². The molecule has 0 aliphatic carbocycles. The Balaban J connectivity index is 1.85. The lowest BCUT2D eigenvalue weighted by atomic mass is 9.83. The molecule has 32 heavy (non-hydrogen) atoms. The van der Waals surface area contributed by atoms with Gasteiger partial charge in [0.2, 0.25) is 11.8 Å². The van der Waals surface area contributed by atoms with Crippen LogP contribution in [0.5, 0.6) is 5.88 Å². The first-order chi connectivity index (χ1) is 15.5. The molecule has 0 amide bonds. The molecule has 1 aliphatic rings. The van der Waals surface area contributed by atoms with Crippen LogP contribution in [0.25, 0.3) is 17.1 Å². The van der Waals surface area contributed by atoms with Crippen LogP contribution < -0.4 is 10.5 Å². The van der Waals surface area contributed by atoms with E-state index in [4.69, 9.17) is 15.6 Å². The van der Waals surface area contributed by atoms with Gasteiger partial charge in [-0.3, -0.25) is 4.68 Å². The monoisotopic (exact) mass is 422 g/mol. The minimum absolute atomic E-state index is 0.0930. The molecule has 1 aliphatic heterocycles. The number of rotatable bonds is 3.